The molecule has 6 nitrogen and oxygen atoms in total. The summed E-state index contributed by atoms with van der Waals surface area (Å²) in [6, 6.07) is 4.10. The first-order chi connectivity index (χ1) is 12.1. The third-order valence-corrected chi connectivity index (χ3v) is 5.54. The molecule has 2 aromatic rings. The van der Waals surface area contributed by atoms with Gasteiger partial charge in [-0.2, -0.15) is 5.10 Å². The molecule has 25 heavy (non-hydrogen) atoms. The number of hydrogen-bond donors (Lipinski definition) is 0. The molecule has 3 rings (SSSR count). The molecule has 1 aliphatic rings. The van der Waals surface area contributed by atoms with Crippen molar-refractivity contribution < 1.29 is 4.79 Å². The van der Waals surface area contributed by atoms with Crippen LogP contribution in [-0.2, 0) is 13.1 Å². The number of carbonyl (C=O) groups excluding carboxylic acids is 1. The normalized spacial score (nSPS) is 16.0. The Hall–Kier alpha value is -1.73. The molecule has 134 valence electrons. The van der Waals surface area contributed by atoms with Crippen molar-refractivity contribution in [2.24, 2.45) is 0 Å². The summed E-state index contributed by atoms with van der Waals surface area (Å²) in [4.78, 5) is 21.5. The number of hydrogen-bond acceptors (Lipinski definition) is 4. The van der Waals surface area contributed by atoms with Crippen LogP contribution in [0.25, 0.3) is 0 Å². The zero-order valence-electron chi connectivity index (χ0n) is 14.8. The van der Waals surface area contributed by atoms with Crippen LogP contribution in [0, 0.1) is 6.92 Å². The maximum Gasteiger partial charge on any atom is 0.273 e. The Morgan fingerprint density at radius 1 is 1.20 bits per heavy atom. The number of nitrogens with zero attached hydrogens (tertiary/aromatic N) is 5. The molecule has 0 spiro atoms. The molecule has 0 bridgehead atoms. The van der Waals surface area contributed by atoms with E-state index in [0.717, 1.165) is 49.3 Å². The van der Waals surface area contributed by atoms with Gasteiger partial charge >= 0.3 is 0 Å². The van der Waals surface area contributed by atoms with E-state index in [4.69, 9.17) is 0 Å². The number of halogens is 1. The summed E-state index contributed by atoms with van der Waals surface area (Å²) in [6.45, 7) is 8.93. The Labute approximate surface area is 157 Å². The molecule has 0 aliphatic carbocycles. The van der Waals surface area contributed by atoms with Gasteiger partial charge in [0.05, 0.1) is 10.2 Å². The average molecular weight is 406 g/mol. The third kappa shape index (κ3) is 4.10. The first kappa shape index (κ1) is 18.1. The van der Waals surface area contributed by atoms with Crippen molar-refractivity contribution in [1.82, 2.24) is 24.6 Å². The predicted molar refractivity (Wildman–Crippen MR) is 100 cm³/mol. The standard InChI is InChI=1S/C18H24BrN5O/c1-3-24-17(16(19)14(2)21-24)18(25)23-10-4-9-22(11-12-23)13-15-5-7-20-8-6-15/h5-8H,3-4,9-13H2,1-2H3. The zero-order valence-corrected chi connectivity index (χ0v) is 16.4. The van der Waals surface area contributed by atoms with Gasteiger partial charge < -0.3 is 4.90 Å². The van der Waals surface area contributed by atoms with Crippen LogP contribution in [0.15, 0.2) is 29.0 Å². The van der Waals surface area contributed by atoms with Crippen LogP contribution in [0.5, 0.6) is 0 Å². The van der Waals surface area contributed by atoms with Gasteiger partial charge in [0, 0.05) is 51.7 Å². The lowest BCUT2D eigenvalue weighted by atomic mass is 10.2. The molecule has 1 aliphatic heterocycles. The molecule has 1 saturated heterocycles. The van der Waals surface area contributed by atoms with Crippen molar-refractivity contribution in [3.8, 4) is 0 Å². The lowest BCUT2D eigenvalue weighted by molar-refractivity contribution is 0.0747. The van der Waals surface area contributed by atoms with Crippen molar-refractivity contribution >= 4 is 21.8 Å². The number of aromatic nitrogens is 3. The molecule has 0 saturated carbocycles. The van der Waals surface area contributed by atoms with Crippen molar-refractivity contribution in [3.05, 3.63) is 46.0 Å². The van der Waals surface area contributed by atoms with Crippen molar-refractivity contribution in [2.75, 3.05) is 26.2 Å². The molecule has 0 unspecified atom stereocenters. The van der Waals surface area contributed by atoms with Crippen LogP contribution in [0.1, 0.15) is 35.1 Å². The van der Waals surface area contributed by atoms with Gasteiger partial charge in [-0.1, -0.05) is 0 Å². The molecular weight excluding hydrogens is 382 g/mol. The van der Waals surface area contributed by atoms with Crippen molar-refractivity contribution in [1.29, 1.82) is 0 Å². The molecule has 7 heteroatoms. The summed E-state index contributed by atoms with van der Waals surface area (Å²) in [5.74, 6) is 0.0695. The molecular formula is C18H24BrN5O. The van der Waals surface area contributed by atoms with E-state index in [1.54, 1.807) is 4.68 Å². The van der Waals surface area contributed by atoms with Gasteiger partial charge in [0.15, 0.2) is 0 Å². The van der Waals surface area contributed by atoms with E-state index in [1.165, 1.54) is 5.56 Å². The minimum absolute atomic E-state index is 0.0695. The fourth-order valence-electron chi connectivity index (χ4n) is 3.22. The lowest BCUT2D eigenvalue weighted by Gasteiger charge is -2.22. The lowest BCUT2D eigenvalue weighted by Crippen LogP contribution is -2.36. The molecule has 0 atom stereocenters. The van der Waals surface area contributed by atoms with E-state index in [2.05, 4.69) is 30.9 Å². The SMILES string of the molecule is CCn1nc(C)c(Br)c1C(=O)N1CCCN(Cc2ccncc2)CC1. The largest absolute Gasteiger partial charge is 0.336 e. The number of aryl methyl sites for hydroxylation is 2. The Balaban J connectivity index is 1.68. The summed E-state index contributed by atoms with van der Waals surface area (Å²) < 4.78 is 2.61. The fourth-order valence-corrected chi connectivity index (χ4v) is 3.67. The summed E-state index contributed by atoms with van der Waals surface area (Å²) in [7, 11) is 0. The van der Waals surface area contributed by atoms with Gasteiger partial charge in [-0.05, 0) is 53.9 Å². The smallest absolute Gasteiger partial charge is 0.273 e. The molecule has 1 amide bonds. The highest BCUT2D eigenvalue weighted by atomic mass is 79.9. The van der Waals surface area contributed by atoms with Gasteiger partial charge in [0.25, 0.3) is 5.91 Å². The van der Waals surface area contributed by atoms with Crippen LogP contribution < -0.4 is 0 Å². The Morgan fingerprint density at radius 3 is 2.68 bits per heavy atom. The van der Waals surface area contributed by atoms with E-state index in [-0.39, 0.29) is 5.91 Å². The quantitative estimate of drug-likeness (QED) is 0.784. The average Bonchev–Trinajstić information content (AvgIpc) is 2.78. The Bertz CT molecular complexity index is 731. The second-order valence-electron chi connectivity index (χ2n) is 6.34. The highest BCUT2D eigenvalue weighted by Crippen LogP contribution is 2.23. The first-order valence-corrected chi connectivity index (χ1v) is 9.53. The van der Waals surface area contributed by atoms with E-state index in [0.29, 0.717) is 12.2 Å². The molecule has 2 aromatic heterocycles. The minimum atomic E-state index is 0.0695. The molecule has 0 N–H and O–H groups in total. The van der Waals surface area contributed by atoms with Crippen LogP contribution in [0.4, 0.5) is 0 Å². The molecule has 3 heterocycles. The van der Waals surface area contributed by atoms with Crippen LogP contribution in [0.2, 0.25) is 0 Å². The summed E-state index contributed by atoms with van der Waals surface area (Å²) in [5, 5.41) is 4.44. The minimum Gasteiger partial charge on any atom is -0.336 e. The highest BCUT2D eigenvalue weighted by molar-refractivity contribution is 9.10. The van der Waals surface area contributed by atoms with Gasteiger partial charge in [-0.3, -0.25) is 19.4 Å². The summed E-state index contributed by atoms with van der Waals surface area (Å²) >= 11 is 3.54. The van der Waals surface area contributed by atoms with E-state index in [9.17, 15) is 4.79 Å². The number of pyridine rings is 1. The van der Waals surface area contributed by atoms with E-state index < -0.39 is 0 Å². The Morgan fingerprint density at radius 2 is 1.96 bits per heavy atom. The van der Waals surface area contributed by atoms with Gasteiger partial charge in [-0.15, -0.1) is 0 Å². The van der Waals surface area contributed by atoms with Crippen LogP contribution >= 0.6 is 15.9 Å². The number of carbonyl (C=O) groups is 1. The fraction of sp³-hybridized carbons (Fsp3) is 0.500. The predicted octanol–water partition coefficient (Wildman–Crippen LogP) is 2.72. The van der Waals surface area contributed by atoms with Gasteiger partial charge in [0.1, 0.15) is 5.69 Å². The van der Waals surface area contributed by atoms with Crippen LogP contribution in [-0.4, -0.2) is 56.7 Å². The molecule has 0 aromatic carbocycles. The van der Waals surface area contributed by atoms with Crippen molar-refractivity contribution in [3.63, 3.8) is 0 Å². The third-order valence-electron chi connectivity index (χ3n) is 4.59. The van der Waals surface area contributed by atoms with Gasteiger partial charge in [-0.25, -0.2) is 0 Å². The van der Waals surface area contributed by atoms with E-state index in [1.807, 2.05) is 43.3 Å². The number of amides is 1. The van der Waals surface area contributed by atoms with Gasteiger partial charge in [0.2, 0.25) is 0 Å². The molecule has 1 fully saturated rings. The second-order valence-corrected chi connectivity index (χ2v) is 7.13. The first-order valence-electron chi connectivity index (χ1n) is 8.73. The zero-order chi connectivity index (χ0) is 17.8. The topological polar surface area (TPSA) is 54.3 Å². The monoisotopic (exact) mass is 405 g/mol. The highest BCUT2D eigenvalue weighted by Gasteiger charge is 2.26. The maximum absolute atomic E-state index is 13.0. The van der Waals surface area contributed by atoms with E-state index >= 15 is 0 Å². The van der Waals surface area contributed by atoms with Crippen LogP contribution in [0.3, 0.4) is 0 Å². The van der Waals surface area contributed by atoms with Crippen molar-refractivity contribution in [2.45, 2.75) is 33.4 Å². The summed E-state index contributed by atoms with van der Waals surface area (Å²) in [5.41, 5.74) is 2.79. The summed E-state index contributed by atoms with van der Waals surface area (Å²) in [6.07, 6.45) is 4.64. The Kier molecular flexibility index (Phi) is 5.86. The maximum atomic E-state index is 13.0. The number of rotatable bonds is 4. The second kappa shape index (κ2) is 8.10. The molecule has 0 radical (unpaired) electrons.